The van der Waals surface area contributed by atoms with E-state index < -0.39 is 10.4 Å². The monoisotopic (exact) mass is 258 g/mol. The van der Waals surface area contributed by atoms with Crippen molar-refractivity contribution in [2.45, 2.75) is 0 Å². The Morgan fingerprint density at radius 1 is 1.14 bits per heavy atom. The molecule has 7 heavy (non-hydrogen) atoms. The van der Waals surface area contributed by atoms with E-state index in [-0.39, 0.29) is 46.3 Å². The Bertz CT molecular complexity index is 91.2. The minimum atomic E-state index is -4.67. The fourth-order valence-electron chi connectivity index (χ4n) is 0. The van der Waals surface area contributed by atoms with Crippen LogP contribution in [0.25, 0.3) is 0 Å². The van der Waals surface area contributed by atoms with Gasteiger partial charge in [-0.3, -0.25) is 9.11 Å². The van der Waals surface area contributed by atoms with Crippen LogP contribution in [0.2, 0.25) is 0 Å². The zero-order valence-corrected chi connectivity index (χ0v) is 7.14. The predicted octanol–water partition coefficient (Wildman–Crippen LogP) is -1.48. The molecule has 0 radical (unpaired) electrons. The van der Waals surface area contributed by atoms with Gasteiger partial charge in [-0.15, -0.1) is 0 Å². The van der Waals surface area contributed by atoms with Crippen LogP contribution in [-0.2, 0) is 10.4 Å². The van der Waals surface area contributed by atoms with Gasteiger partial charge in [0.1, 0.15) is 0 Å². The standard InChI is InChI=1S/Nd.H2O4S.H2O/c;1-5(2,3)4;/h;(H2,1,2,3,4);1H2. The van der Waals surface area contributed by atoms with Crippen molar-refractivity contribution in [3.63, 3.8) is 0 Å². The number of hydrogen-bond donors (Lipinski definition) is 2. The average molecular weight is 260 g/mol. The Hall–Kier alpha value is 1.18. The second-order valence-electron chi connectivity index (χ2n) is 0.448. The number of rotatable bonds is 0. The van der Waals surface area contributed by atoms with Gasteiger partial charge in [0, 0.05) is 40.8 Å². The van der Waals surface area contributed by atoms with Gasteiger partial charge in [0.15, 0.2) is 0 Å². The van der Waals surface area contributed by atoms with Gasteiger partial charge in [-0.1, -0.05) is 0 Å². The second kappa shape index (κ2) is 5.32. The molecule has 0 aliphatic carbocycles. The predicted molar refractivity (Wildman–Crippen MR) is 17.8 cm³/mol. The molecule has 0 aromatic rings. The molecule has 4 N–H and O–H groups in total. The van der Waals surface area contributed by atoms with Crippen LogP contribution in [-0.4, -0.2) is 23.0 Å². The molecule has 44 valence electrons. The van der Waals surface area contributed by atoms with Crippen LogP contribution < -0.4 is 0 Å². The van der Waals surface area contributed by atoms with Crippen molar-refractivity contribution >= 4 is 10.4 Å². The zero-order chi connectivity index (χ0) is 4.50. The Morgan fingerprint density at radius 3 is 1.14 bits per heavy atom. The summed E-state index contributed by atoms with van der Waals surface area (Å²) in [4.78, 5) is 0. The summed E-state index contributed by atoms with van der Waals surface area (Å²) in [6, 6.07) is 0. The van der Waals surface area contributed by atoms with E-state index >= 15 is 0 Å². The maximum absolute atomic E-state index is 8.74. The summed E-state index contributed by atoms with van der Waals surface area (Å²) < 4.78 is 31.6. The molecule has 0 unspecified atom stereocenters. The first-order chi connectivity index (χ1) is 2.00. The van der Waals surface area contributed by atoms with Crippen LogP contribution in [0.1, 0.15) is 0 Å². The van der Waals surface area contributed by atoms with Crippen molar-refractivity contribution < 1.29 is 63.8 Å². The fourth-order valence-corrected chi connectivity index (χ4v) is 0. The maximum Gasteiger partial charge on any atom is 0.394 e. The third-order valence-electron chi connectivity index (χ3n) is 0. The van der Waals surface area contributed by atoms with Crippen molar-refractivity contribution in [1.29, 1.82) is 0 Å². The third kappa shape index (κ3) is 138. The molecule has 0 amide bonds. The van der Waals surface area contributed by atoms with E-state index in [1.807, 2.05) is 0 Å². The number of hydrogen-bond acceptors (Lipinski definition) is 2. The second-order valence-corrected chi connectivity index (χ2v) is 1.34. The first-order valence-electron chi connectivity index (χ1n) is 0.698. The first kappa shape index (κ1) is 15.7. The normalized spacial score (nSPS) is 8.29. The summed E-state index contributed by atoms with van der Waals surface area (Å²) in [6.45, 7) is 0. The molecule has 5 nitrogen and oxygen atoms in total. The van der Waals surface area contributed by atoms with Gasteiger partial charge in [-0.2, -0.15) is 8.42 Å². The van der Waals surface area contributed by atoms with E-state index in [2.05, 4.69) is 0 Å². The molecule has 0 bridgehead atoms. The Morgan fingerprint density at radius 2 is 1.14 bits per heavy atom. The summed E-state index contributed by atoms with van der Waals surface area (Å²) in [5.41, 5.74) is 0. The van der Waals surface area contributed by atoms with Gasteiger partial charge in [-0.25, -0.2) is 0 Å². The van der Waals surface area contributed by atoms with E-state index in [4.69, 9.17) is 17.5 Å². The van der Waals surface area contributed by atoms with Gasteiger partial charge in [-0.05, 0) is 0 Å². The summed E-state index contributed by atoms with van der Waals surface area (Å²) in [5, 5.41) is 0. The van der Waals surface area contributed by atoms with Crippen molar-refractivity contribution in [2.24, 2.45) is 0 Å². The van der Waals surface area contributed by atoms with E-state index in [1.54, 1.807) is 0 Å². The molecule has 0 atom stereocenters. The van der Waals surface area contributed by atoms with Crippen molar-refractivity contribution in [2.75, 3.05) is 0 Å². The molecule has 0 rings (SSSR count). The van der Waals surface area contributed by atoms with Crippen LogP contribution in [0.4, 0.5) is 0 Å². The molecule has 0 heterocycles. The van der Waals surface area contributed by atoms with Gasteiger partial charge < -0.3 is 5.48 Å². The SMILES string of the molecule is O.O=S(=O)(O)O.[Nd]. The molecular formula is H4NdO5S. The van der Waals surface area contributed by atoms with Gasteiger partial charge in [0.25, 0.3) is 0 Å². The van der Waals surface area contributed by atoms with Gasteiger partial charge in [0.2, 0.25) is 0 Å². The summed E-state index contributed by atoms with van der Waals surface area (Å²) >= 11 is 0. The maximum atomic E-state index is 8.74. The summed E-state index contributed by atoms with van der Waals surface area (Å²) in [7, 11) is -4.67. The fraction of sp³-hybridized carbons (Fsp3) is 0. The Kier molecular flexibility index (Phi) is 11.9. The van der Waals surface area contributed by atoms with Crippen molar-refractivity contribution in [3.8, 4) is 0 Å². The zero-order valence-electron chi connectivity index (χ0n) is 3.12. The van der Waals surface area contributed by atoms with E-state index in [0.717, 1.165) is 0 Å². The van der Waals surface area contributed by atoms with Crippen molar-refractivity contribution in [1.82, 2.24) is 0 Å². The molecule has 0 spiro atoms. The quantitative estimate of drug-likeness (QED) is 0.518. The minimum absolute atomic E-state index is 0. The molecule has 0 aromatic heterocycles. The largest absolute Gasteiger partial charge is 0.412 e. The van der Waals surface area contributed by atoms with E-state index in [9.17, 15) is 0 Å². The molecule has 0 aromatic carbocycles. The summed E-state index contributed by atoms with van der Waals surface area (Å²) in [6.07, 6.45) is 0. The molecule has 0 aliphatic rings. The molecule has 0 fully saturated rings. The van der Waals surface area contributed by atoms with Crippen LogP contribution in [0, 0.1) is 40.8 Å². The molecule has 0 aliphatic heterocycles. The van der Waals surface area contributed by atoms with Crippen molar-refractivity contribution in [3.05, 3.63) is 0 Å². The molecular weight excluding hydrogens is 256 g/mol. The van der Waals surface area contributed by atoms with E-state index in [0.29, 0.717) is 0 Å². The van der Waals surface area contributed by atoms with Gasteiger partial charge in [0.05, 0.1) is 0 Å². The first-order valence-corrected chi connectivity index (χ1v) is 2.10. The van der Waals surface area contributed by atoms with Crippen LogP contribution in [0.3, 0.4) is 0 Å². The van der Waals surface area contributed by atoms with Crippen LogP contribution in [0.5, 0.6) is 0 Å². The van der Waals surface area contributed by atoms with Crippen LogP contribution in [0.15, 0.2) is 0 Å². The topological polar surface area (TPSA) is 106 Å². The average Bonchev–Trinajstić information content (AvgIpc) is 0.722. The molecule has 7 heteroatoms. The molecule has 0 saturated heterocycles. The minimum Gasteiger partial charge on any atom is -0.412 e. The third-order valence-corrected chi connectivity index (χ3v) is 0. The van der Waals surface area contributed by atoms with Crippen LogP contribution >= 0.6 is 0 Å². The van der Waals surface area contributed by atoms with E-state index in [1.165, 1.54) is 0 Å². The summed E-state index contributed by atoms with van der Waals surface area (Å²) in [5.74, 6) is 0. The molecule has 0 saturated carbocycles. The Labute approximate surface area is 73.5 Å². The smallest absolute Gasteiger partial charge is 0.394 e. The Balaban J connectivity index is -0.0000000800. The van der Waals surface area contributed by atoms with Gasteiger partial charge >= 0.3 is 10.4 Å².